The molecule has 0 aliphatic carbocycles. The number of carbonyl (C=O) groups is 1. The number of rotatable bonds is 5. The molecule has 0 aromatic heterocycles. The van der Waals surface area contributed by atoms with Crippen LogP contribution < -0.4 is 4.74 Å². The summed E-state index contributed by atoms with van der Waals surface area (Å²) in [5.74, 6) is -3.46. The fraction of sp³-hybridized carbons (Fsp3) is 0.263. The van der Waals surface area contributed by atoms with Gasteiger partial charge in [0.1, 0.15) is 6.07 Å². The van der Waals surface area contributed by atoms with Gasteiger partial charge in [0.25, 0.3) is 0 Å². The summed E-state index contributed by atoms with van der Waals surface area (Å²) in [6.07, 6.45) is 1.97. The highest BCUT2D eigenvalue weighted by Crippen LogP contribution is 2.23. The molecular formula is C19H17F2NO2. The van der Waals surface area contributed by atoms with E-state index in [1.807, 2.05) is 12.1 Å². The standard InChI is InChI=1S/C19H17F2NO2/c1-3-12(2)10-13-4-6-14(7-5-13)19(23)24-16-9-8-15(11-22)17(20)18(16)21/h4-9,12H,3,10H2,1-2H3. The Bertz CT molecular complexity index is 779. The lowest BCUT2D eigenvalue weighted by molar-refractivity contribution is 0.0726. The molecule has 2 rings (SSSR count). The number of hydrogen-bond acceptors (Lipinski definition) is 3. The average molecular weight is 329 g/mol. The summed E-state index contributed by atoms with van der Waals surface area (Å²) in [5, 5.41) is 8.64. The summed E-state index contributed by atoms with van der Waals surface area (Å²) in [7, 11) is 0. The quantitative estimate of drug-likeness (QED) is 0.593. The molecule has 1 atom stereocenters. The lowest BCUT2D eigenvalue weighted by Gasteiger charge is -2.09. The van der Waals surface area contributed by atoms with Gasteiger partial charge in [-0.05, 0) is 42.2 Å². The first-order valence-corrected chi connectivity index (χ1v) is 7.65. The van der Waals surface area contributed by atoms with Crippen molar-refractivity contribution in [1.82, 2.24) is 0 Å². The van der Waals surface area contributed by atoms with E-state index in [2.05, 4.69) is 13.8 Å². The number of halogens is 2. The first-order valence-electron chi connectivity index (χ1n) is 7.65. The highest BCUT2D eigenvalue weighted by Gasteiger charge is 2.18. The van der Waals surface area contributed by atoms with Crippen LogP contribution in [-0.2, 0) is 6.42 Å². The van der Waals surface area contributed by atoms with Gasteiger partial charge in [-0.3, -0.25) is 0 Å². The topological polar surface area (TPSA) is 50.1 Å². The van der Waals surface area contributed by atoms with Crippen LogP contribution in [0.25, 0.3) is 0 Å². The zero-order chi connectivity index (χ0) is 17.7. The van der Waals surface area contributed by atoms with Crippen molar-refractivity contribution in [2.75, 3.05) is 0 Å². The summed E-state index contributed by atoms with van der Waals surface area (Å²) < 4.78 is 32.2. The molecule has 0 radical (unpaired) electrons. The van der Waals surface area contributed by atoms with Crippen LogP contribution in [0, 0.1) is 28.9 Å². The molecule has 0 aliphatic heterocycles. The first kappa shape index (κ1) is 17.6. The third-order valence-corrected chi connectivity index (χ3v) is 3.84. The molecule has 3 nitrogen and oxygen atoms in total. The summed E-state index contributed by atoms with van der Waals surface area (Å²) >= 11 is 0. The number of carbonyl (C=O) groups excluding carboxylic acids is 1. The molecule has 2 aromatic carbocycles. The highest BCUT2D eigenvalue weighted by molar-refractivity contribution is 5.91. The molecule has 0 spiro atoms. The fourth-order valence-corrected chi connectivity index (χ4v) is 2.18. The van der Waals surface area contributed by atoms with Gasteiger partial charge < -0.3 is 4.74 Å². The third-order valence-electron chi connectivity index (χ3n) is 3.84. The van der Waals surface area contributed by atoms with Crippen molar-refractivity contribution in [2.45, 2.75) is 26.7 Å². The van der Waals surface area contributed by atoms with Gasteiger partial charge >= 0.3 is 5.97 Å². The Labute approximate surface area is 139 Å². The first-order chi connectivity index (χ1) is 11.5. The molecule has 0 saturated heterocycles. The number of ether oxygens (including phenoxy) is 1. The van der Waals surface area contributed by atoms with Crippen LogP contribution in [0.1, 0.15) is 41.8 Å². The number of hydrogen-bond donors (Lipinski definition) is 0. The van der Waals surface area contributed by atoms with Crippen LogP contribution in [0.3, 0.4) is 0 Å². The molecule has 5 heteroatoms. The Morgan fingerprint density at radius 1 is 1.17 bits per heavy atom. The minimum atomic E-state index is -1.35. The van der Waals surface area contributed by atoms with Crippen LogP contribution in [0.15, 0.2) is 36.4 Å². The van der Waals surface area contributed by atoms with Gasteiger partial charge in [0, 0.05) is 0 Å². The van der Waals surface area contributed by atoms with Crippen molar-refractivity contribution >= 4 is 5.97 Å². The van der Waals surface area contributed by atoms with Crippen LogP contribution in [-0.4, -0.2) is 5.97 Å². The normalized spacial score (nSPS) is 11.6. The van der Waals surface area contributed by atoms with E-state index in [0.29, 0.717) is 5.92 Å². The monoisotopic (exact) mass is 329 g/mol. The minimum Gasteiger partial charge on any atom is -0.420 e. The van der Waals surface area contributed by atoms with Gasteiger partial charge in [-0.1, -0.05) is 32.4 Å². The summed E-state index contributed by atoms with van der Waals surface area (Å²) in [6.45, 7) is 4.26. The van der Waals surface area contributed by atoms with E-state index in [1.165, 1.54) is 6.07 Å². The van der Waals surface area contributed by atoms with Crippen molar-refractivity contribution in [3.05, 3.63) is 64.7 Å². The Morgan fingerprint density at radius 2 is 1.83 bits per heavy atom. The Balaban J connectivity index is 2.13. The third kappa shape index (κ3) is 3.96. The molecule has 0 N–H and O–H groups in total. The van der Waals surface area contributed by atoms with Crippen LogP contribution in [0.2, 0.25) is 0 Å². The highest BCUT2D eigenvalue weighted by atomic mass is 19.2. The smallest absolute Gasteiger partial charge is 0.343 e. The van der Waals surface area contributed by atoms with E-state index in [-0.39, 0.29) is 5.56 Å². The fourth-order valence-electron chi connectivity index (χ4n) is 2.18. The predicted octanol–water partition coefficient (Wildman–Crippen LogP) is 4.64. The van der Waals surface area contributed by atoms with E-state index in [1.54, 1.807) is 12.1 Å². The van der Waals surface area contributed by atoms with E-state index in [9.17, 15) is 13.6 Å². The Hall–Kier alpha value is -2.74. The van der Waals surface area contributed by atoms with E-state index in [0.717, 1.165) is 30.5 Å². The minimum absolute atomic E-state index is 0.243. The van der Waals surface area contributed by atoms with E-state index in [4.69, 9.17) is 10.00 Å². The van der Waals surface area contributed by atoms with Crippen LogP contribution in [0.5, 0.6) is 5.75 Å². The molecule has 124 valence electrons. The lowest BCUT2D eigenvalue weighted by Crippen LogP contribution is -2.10. The summed E-state index contributed by atoms with van der Waals surface area (Å²) in [4.78, 5) is 12.0. The van der Waals surface area contributed by atoms with Crippen molar-refractivity contribution in [2.24, 2.45) is 5.92 Å². The Morgan fingerprint density at radius 3 is 2.42 bits per heavy atom. The maximum atomic E-state index is 13.8. The van der Waals surface area contributed by atoms with Gasteiger partial charge in [0.05, 0.1) is 11.1 Å². The molecular weight excluding hydrogens is 312 g/mol. The lowest BCUT2D eigenvalue weighted by atomic mass is 9.98. The van der Waals surface area contributed by atoms with Crippen LogP contribution >= 0.6 is 0 Å². The Kier molecular flexibility index (Phi) is 5.64. The number of benzene rings is 2. The van der Waals surface area contributed by atoms with Gasteiger partial charge in [-0.15, -0.1) is 0 Å². The maximum absolute atomic E-state index is 13.8. The average Bonchev–Trinajstić information content (AvgIpc) is 2.59. The molecule has 0 fully saturated rings. The van der Waals surface area contributed by atoms with Crippen molar-refractivity contribution in [3.8, 4) is 11.8 Å². The molecule has 0 amide bonds. The van der Waals surface area contributed by atoms with Crippen LogP contribution in [0.4, 0.5) is 8.78 Å². The maximum Gasteiger partial charge on any atom is 0.343 e. The summed E-state index contributed by atoms with van der Waals surface area (Å²) in [5.41, 5.74) is 0.894. The second-order valence-corrected chi connectivity index (χ2v) is 5.66. The molecule has 0 heterocycles. The van der Waals surface area contributed by atoms with Gasteiger partial charge in [0.2, 0.25) is 5.82 Å². The number of esters is 1. The van der Waals surface area contributed by atoms with Gasteiger partial charge in [-0.25, -0.2) is 9.18 Å². The van der Waals surface area contributed by atoms with Gasteiger partial charge in [0.15, 0.2) is 11.6 Å². The molecule has 24 heavy (non-hydrogen) atoms. The summed E-state index contributed by atoms with van der Waals surface area (Å²) in [6, 6.07) is 10.5. The van der Waals surface area contributed by atoms with Crippen molar-refractivity contribution in [1.29, 1.82) is 5.26 Å². The number of nitriles is 1. The van der Waals surface area contributed by atoms with Crippen molar-refractivity contribution in [3.63, 3.8) is 0 Å². The second kappa shape index (κ2) is 7.69. The zero-order valence-corrected chi connectivity index (χ0v) is 13.5. The number of nitrogens with zero attached hydrogens (tertiary/aromatic N) is 1. The second-order valence-electron chi connectivity index (χ2n) is 5.66. The molecule has 2 aromatic rings. The molecule has 0 bridgehead atoms. The van der Waals surface area contributed by atoms with Gasteiger partial charge in [-0.2, -0.15) is 9.65 Å². The molecule has 0 aliphatic rings. The van der Waals surface area contributed by atoms with Crippen molar-refractivity contribution < 1.29 is 18.3 Å². The zero-order valence-electron chi connectivity index (χ0n) is 13.5. The SMILES string of the molecule is CCC(C)Cc1ccc(C(=O)Oc2ccc(C#N)c(F)c2F)cc1. The van der Waals surface area contributed by atoms with E-state index >= 15 is 0 Å². The van der Waals surface area contributed by atoms with E-state index < -0.39 is 28.9 Å². The predicted molar refractivity (Wildman–Crippen MR) is 85.6 cm³/mol. The molecule has 1 unspecified atom stereocenters. The molecule has 0 saturated carbocycles. The largest absolute Gasteiger partial charge is 0.420 e.